The van der Waals surface area contributed by atoms with Crippen LogP contribution in [0.4, 0.5) is 10.6 Å². The van der Waals surface area contributed by atoms with Gasteiger partial charge in [0, 0.05) is 11.6 Å². The van der Waals surface area contributed by atoms with Gasteiger partial charge in [-0.2, -0.15) is 10.3 Å². The molecule has 1 aromatic heterocycles. The van der Waals surface area contributed by atoms with Gasteiger partial charge in [-0.15, -0.1) is 5.10 Å². The van der Waals surface area contributed by atoms with E-state index in [1.165, 1.54) is 6.20 Å². The van der Waals surface area contributed by atoms with Gasteiger partial charge in [-0.25, -0.2) is 4.79 Å². The van der Waals surface area contributed by atoms with Crippen molar-refractivity contribution >= 4 is 23.4 Å². The van der Waals surface area contributed by atoms with Gasteiger partial charge in [-0.3, -0.25) is 5.32 Å². The summed E-state index contributed by atoms with van der Waals surface area (Å²) in [5, 5.41) is 15.5. The Balaban J connectivity index is 1.82. The lowest BCUT2D eigenvalue weighted by atomic mass is 10.2. The molecule has 0 saturated heterocycles. The summed E-state index contributed by atoms with van der Waals surface area (Å²) >= 11 is 5.75. The average Bonchev–Trinajstić information content (AvgIpc) is 2.81. The molecule has 88 valence electrons. The number of amides is 2. The zero-order chi connectivity index (χ0) is 12.1. The van der Waals surface area contributed by atoms with Crippen LogP contribution in [0, 0.1) is 0 Å². The summed E-state index contributed by atoms with van der Waals surface area (Å²) in [5.74, 6) is 0.374. The Hall–Kier alpha value is -2.08. The van der Waals surface area contributed by atoms with Crippen molar-refractivity contribution in [1.82, 2.24) is 20.7 Å². The predicted molar refractivity (Wildman–Crippen MR) is 63.7 cm³/mol. The molecule has 0 aliphatic heterocycles. The van der Waals surface area contributed by atoms with Crippen molar-refractivity contribution in [2.75, 3.05) is 5.32 Å². The molecule has 6 nitrogen and oxygen atoms in total. The fourth-order valence-electron chi connectivity index (χ4n) is 1.21. The van der Waals surface area contributed by atoms with Crippen LogP contribution < -0.4 is 10.6 Å². The highest BCUT2D eigenvalue weighted by Gasteiger charge is 2.02. The van der Waals surface area contributed by atoms with Crippen LogP contribution in [0.15, 0.2) is 30.5 Å². The van der Waals surface area contributed by atoms with E-state index in [-0.39, 0.29) is 6.03 Å². The number of nitrogens with one attached hydrogen (secondary N) is 3. The van der Waals surface area contributed by atoms with Crippen molar-refractivity contribution in [2.45, 2.75) is 6.54 Å². The third-order valence-corrected chi connectivity index (χ3v) is 2.27. The molecule has 1 aromatic carbocycles. The monoisotopic (exact) mass is 251 g/mol. The van der Waals surface area contributed by atoms with Crippen LogP contribution in [-0.2, 0) is 6.54 Å². The molecule has 0 bridgehead atoms. The zero-order valence-corrected chi connectivity index (χ0v) is 9.53. The molecule has 0 atom stereocenters. The van der Waals surface area contributed by atoms with Gasteiger partial charge in [0.05, 0.1) is 6.20 Å². The van der Waals surface area contributed by atoms with Gasteiger partial charge >= 0.3 is 6.03 Å². The van der Waals surface area contributed by atoms with Crippen LogP contribution >= 0.6 is 11.6 Å². The molecule has 7 heteroatoms. The Labute approximate surface area is 102 Å². The van der Waals surface area contributed by atoms with Crippen LogP contribution in [0.2, 0.25) is 5.02 Å². The van der Waals surface area contributed by atoms with Gasteiger partial charge in [-0.1, -0.05) is 23.7 Å². The Kier molecular flexibility index (Phi) is 3.56. The molecule has 0 fully saturated rings. The molecule has 2 amide bonds. The largest absolute Gasteiger partial charge is 0.334 e. The van der Waals surface area contributed by atoms with E-state index in [1.807, 2.05) is 12.1 Å². The van der Waals surface area contributed by atoms with Crippen molar-refractivity contribution in [2.24, 2.45) is 0 Å². The Morgan fingerprint density at radius 1 is 1.35 bits per heavy atom. The van der Waals surface area contributed by atoms with E-state index in [0.717, 1.165) is 5.56 Å². The fraction of sp³-hybridized carbons (Fsp3) is 0.100. The highest BCUT2D eigenvalue weighted by atomic mass is 35.5. The molecular formula is C10H10ClN5O. The van der Waals surface area contributed by atoms with Gasteiger partial charge in [0.1, 0.15) is 0 Å². The van der Waals surface area contributed by atoms with E-state index < -0.39 is 0 Å². The van der Waals surface area contributed by atoms with Crippen molar-refractivity contribution in [3.8, 4) is 0 Å². The second-order valence-corrected chi connectivity index (χ2v) is 3.73. The number of aromatic amines is 1. The maximum atomic E-state index is 11.4. The van der Waals surface area contributed by atoms with Gasteiger partial charge in [0.2, 0.25) is 0 Å². The van der Waals surface area contributed by atoms with Gasteiger partial charge in [0.15, 0.2) is 5.82 Å². The first-order valence-corrected chi connectivity index (χ1v) is 5.27. The first-order chi connectivity index (χ1) is 8.24. The van der Waals surface area contributed by atoms with Gasteiger partial charge in [0.25, 0.3) is 0 Å². The molecule has 1 heterocycles. The number of urea groups is 1. The van der Waals surface area contributed by atoms with Gasteiger partial charge in [-0.05, 0) is 17.7 Å². The van der Waals surface area contributed by atoms with E-state index in [0.29, 0.717) is 17.4 Å². The summed E-state index contributed by atoms with van der Waals surface area (Å²) in [7, 11) is 0. The smallest absolute Gasteiger partial charge is 0.320 e. The number of hydrogen-bond donors (Lipinski definition) is 3. The fourth-order valence-corrected chi connectivity index (χ4v) is 1.33. The average molecular weight is 252 g/mol. The summed E-state index contributed by atoms with van der Waals surface area (Å²) in [4.78, 5) is 11.4. The highest BCUT2D eigenvalue weighted by Crippen LogP contribution is 2.09. The molecule has 17 heavy (non-hydrogen) atoms. The van der Waals surface area contributed by atoms with Crippen LogP contribution in [0.5, 0.6) is 0 Å². The maximum absolute atomic E-state index is 11.4. The number of carbonyl (C=O) groups excluding carboxylic acids is 1. The molecule has 0 aliphatic carbocycles. The molecule has 2 rings (SSSR count). The molecule has 3 N–H and O–H groups in total. The van der Waals surface area contributed by atoms with Crippen molar-refractivity contribution < 1.29 is 4.79 Å². The lowest BCUT2D eigenvalue weighted by Gasteiger charge is -2.05. The first kappa shape index (κ1) is 11.4. The number of carbonyl (C=O) groups is 1. The Morgan fingerprint density at radius 3 is 2.76 bits per heavy atom. The van der Waals surface area contributed by atoms with E-state index in [9.17, 15) is 4.79 Å². The minimum absolute atomic E-state index is 0.339. The normalized spacial score (nSPS) is 9.94. The topological polar surface area (TPSA) is 82.7 Å². The second kappa shape index (κ2) is 5.31. The lowest BCUT2D eigenvalue weighted by molar-refractivity contribution is 0.251. The quantitative estimate of drug-likeness (QED) is 0.778. The number of H-pyrrole nitrogens is 1. The molecule has 2 aromatic rings. The second-order valence-electron chi connectivity index (χ2n) is 3.29. The molecule has 0 aliphatic rings. The van der Waals surface area contributed by atoms with E-state index in [4.69, 9.17) is 11.6 Å². The Bertz CT molecular complexity index is 482. The molecule has 0 spiro atoms. The third-order valence-electron chi connectivity index (χ3n) is 2.02. The van der Waals surface area contributed by atoms with Crippen LogP contribution in [0.3, 0.4) is 0 Å². The van der Waals surface area contributed by atoms with E-state index in [1.54, 1.807) is 12.1 Å². The molecular weight excluding hydrogens is 242 g/mol. The third kappa shape index (κ3) is 3.46. The standard InChI is InChI=1S/C10H10ClN5O/c11-8-3-1-7(2-4-8)5-12-10(17)14-9-6-13-16-15-9/h1-4,6H,5H2,(H3,12,13,14,15,16,17). The van der Waals surface area contributed by atoms with E-state index in [2.05, 4.69) is 26.0 Å². The van der Waals surface area contributed by atoms with Crippen LogP contribution in [0.25, 0.3) is 0 Å². The summed E-state index contributed by atoms with van der Waals surface area (Å²) in [6.07, 6.45) is 1.42. The summed E-state index contributed by atoms with van der Waals surface area (Å²) in [6.45, 7) is 0.418. The first-order valence-electron chi connectivity index (χ1n) is 4.89. The Morgan fingerprint density at radius 2 is 2.12 bits per heavy atom. The lowest BCUT2D eigenvalue weighted by Crippen LogP contribution is -2.28. The number of rotatable bonds is 3. The maximum Gasteiger partial charge on any atom is 0.320 e. The van der Waals surface area contributed by atoms with Crippen molar-refractivity contribution in [3.05, 3.63) is 41.0 Å². The molecule has 0 radical (unpaired) electrons. The predicted octanol–water partition coefficient (Wildman–Crippen LogP) is 1.78. The molecule has 0 saturated carbocycles. The SMILES string of the molecule is O=C(NCc1ccc(Cl)cc1)Nc1cn[nH]n1. The van der Waals surface area contributed by atoms with Crippen molar-refractivity contribution in [3.63, 3.8) is 0 Å². The summed E-state index contributed by atoms with van der Waals surface area (Å²) in [5.41, 5.74) is 0.963. The number of hydrogen-bond acceptors (Lipinski definition) is 3. The zero-order valence-electron chi connectivity index (χ0n) is 8.77. The number of benzene rings is 1. The van der Waals surface area contributed by atoms with Crippen LogP contribution in [-0.4, -0.2) is 21.4 Å². The number of nitrogens with zero attached hydrogens (tertiary/aromatic N) is 2. The number of aromatic nitrogens is 3. The van der Waals surface area contributed by atoms with Crippen molar-refractivity contribution in [1.29, 1.82) is 0 Å². The number of halogens is 1. The summed E-state index contributed by atoms with van der Waals surface area (Å²) < 4.78 is 0. The number of anilines is 1. The molecule has 0 unspecified atom stereocenters. The highest BCUT2D eigenvalue weighted by molar-refractivity contribution is 6.30. The van der Waals surface area contributed by atoms with Crippen LogP contribution in [0.1, 0.15) is 5.56 Å². The summed E-state index contributed by atoms with van der Waals surface area (Å²) in [6, 6.07) is 6.90. The van der Waals surface area contributed by atoms with Gasteiger partial charge < -0.3 is 5.32 Å². The minimum Gasteiger partial charge on any atom is -0.334 e. The minimum atomic E-state index is -0.339. The van der Waals surface area contributed by atoms with E-state index >= 15 is 0 Å².